The van der Waals surface area contributed by atoms with Gasteiger partial charge in [-0.3, -0.25) is 4.72 Å². The first kappa shape index (κ1) is 20.4. The molecule has 9 heteroatoms. The number of hydrogen-bond donors (Lipinski definition) is 1. The van der Waals surface area contributed by atoms with E-state index in [2.05, 4.69) is 14.7 Å². The number of aromatic nitrogens is 2. The average molecular weight is 415 g/mol. The highest BCUT2D eigenvalue weighted by molar-refractivity contribution is 7.92. The van der Waals surface area contributed by atoms with E-state index < -0.39 is 10.0 Å². The van der Waals surface area contributed by atoms with Crippen molar-refractivity contribution < 1.29 is 22.6 Å². The third-order valence-corrected chi connectivity index (χ3v) is 5.04. The first-order valence-corrected chi connectivity index (χ1v) is 10.5. The standard InChI is InChI=1S/C20H21N3O5S/c1-26-17-7-9-18(10-8-17)27-11-12-29(24,25)23-19-13-20(22-15-21-19)28-14-16-5-3-2-4-6-16/h2-10,13,15H,11-12,14H2,1H3,(H,21,22,23). The van der Waals surface area contributed by atoms with Crippen LogP contribution in [0.3, 0.4) is 0 Å². The molecule has 0 radical (unpaired) electrons. The summed E-state index contributed by atoms with van der Waals surface area (Å²) in [7, 11) is -2.08. The lowest BCUT2D eigenvalue weighted by molar-refractivity contribution is 0.293. The van der Waals surface area contributed by atoms with Crippen LogP contribution in [0.15, 0.2) is 67.0 Å². The lowest BCUT2D eigenvalue weighted by Gasteiger charge is -2.10. The van der Waals surface area contributed by atoms with Crippen LogP contribution in [-0.2, 0) is 16.6 Å². The van der Waals surface area contributed by atoms with Gasteiger partial charge in [0, 0.05) is 6.07 Å². The summed E-state index contributed by atoms with van der Waals surface area (Å²) in [5, 5.41) is 0. The minimum Gasteiger partial charge on any atom is -0.497 e. The number of hydrogen-bond acceptors (Lipinski definition) is 7. The third-order valence-electron chi connectivity index (χ3n) is 3.81. The Kier molecular flexibility index (Phi) is 6.85. The second kappa shape index (κ2) is 9.74. The summed E-state index contributed by atoms with van der Waals surface area (Å²) < 4.78 is 43.0. The highest BCUT2D eigenvalue weighted by atomic mass is 32.2. The third kappa shape index (κ3) is 6.65. The fraction of sp³-hybridized carbons (Fsp3) is 0.200. The number of rotatable bonds is 10. The smallest absolute Gasteiger partial charge is 0.237 e. The van der Waals surface area contributed by atoms with Gasteiger partial charge in [-0.1, -0.05) is 30.3 Å². The molecule has 0 aliphatic rings. The molecule has 29 heavy (non-hydrogen) atoms. The van der Waals surface area contributed by atoms with Crippen LogP contribution in [0.4, 0.5) is 5.82 Å². The van der Waals surface area contributed by atoms with Crippen molar-refractivity contribution in [2.24, 2.45) is 0 Å². The van der Waals surface area contributed by atoms with Gasteiger partial charge in [0.1, 0.15) is 42.6 Å². The Morgan fingerprint density at radius 2 is 1.66 bits per heavy atom. The molecule has 152 valence electrons. The molecule has 0 saturated carbocycles. The molecular formula is C20H21N3O5S. The van der Waals surface area contributed by atoms with E-state index in [1.807, 2.05) is 30.3 Å². The molecule has 3 aromatic rings. The molecule has 0 aliphatic carbocycles. The van der Waals surface area contributed by atoms with E-state index in [0.29, 0.717) is 18.1 Å². The van der Waals surface area contributed by atoms with Crippen molar-refractivity contribution in [3.05, 3.63) is 72.6 Å². The molecule has 0 spiro atoms. The fourth-order valence-electron chi connectivity index (χ4n) is 2.36. The van der Waals surface area contributed by atoms with Gasteiger partial charge in [-0.05, 0) is 29.8 Å². The van der Waals surface area contributed by atoms with E-state index in [4.69, 9.17) is 14.2 Å². The van der Waals surface area contributed by atoms with Gasteiger partial charge >= 0.3 is 0 Å². The van der Waals surface area contributed by atoms with Crippen molar-refractivity contribution in [1.82, 2.24) is 9.97 Å². The SMILES string of the molecule is COc1ccc(OCCS(=O)(=O)Nc2cc(OCc3ccccc3)ncn2)cc1. The molecule has 0 amide bonds. The number of sulfonamides is 1. The Morgan fingerprint density at radius 1 is 0.931 bits per heavy atom. The second-order valence-electron chi connectivity index (χ2n) is 5.96. The van der Waals surface area contributed by atoms with Gasteiger partial charge in [-0.25, -0.2) is 18.4 Å². The van der Waals surface area contributed by atoms with E-state index in [9.17, 15) is 8.42 Å². The highest BCUT2D eigenvalue weighted by Gasteiger charge is 2.13. The number of nitrogens with one attached hydrogen (secondary N) is 1. The van der Waals surface area contributed by atoms with Crippen LogP contribution < -0.4 is 18.9 Å². The summed E-state index contributed by atoms with van der Waals surface area (Å²) in [5.74, 6) is 1.42. The van der Waals surface area contributed by atoms with Crippen molar-refractivity contribution in [3.63, 3.8) is 0 Å². The minimum absolute atomic E-state index is 0.00981. The van der Waals surface area contributed by atoms with Crippen molar-refractivity contribution >= 4 is 15.8 Å². The molecule has 0 aliphatic heterocycles. The molecule has 0 unspecified atom stereocenters. The Bertz CT molecular complexity index is 1010. The second-order valence-corrected chi connectivity index (χ2v) is 7.80. The molecule has 0 saturated heterocycles. The summed E-state index contributed by atoms with van der Waals surface area (Å²) in [6, 6.07) is 17.9. The molecule has 2 aromatic carbocycles. The summed E-state index contributed by atoms with van der Waals surface area (Å²) in [6.45, 7) is 0.309. The van der Waals surface area contributed by atoms with Gasteiger partial charge in [0.25, 0.3) is 0 Å². The summed E-state index contributed by atoms with van der Waals surface area (Å²) >= 11 is 0. The predicted octanol–water partition coefficient (Wildman–Crippen LogP) is 2.88. The Balaban J connectivity index is 1.51. The molecule has 3 rings (SSSR count). The molecule has 0 atom stereocenters. The highest BCUT2D eigenvalue weighted by Crippen LogP contribution is 2.17. The Morgan fingerprint density at radius 3 is 2.38 bits per heavy atom. The van der Waals surface area contributed by atoms with Crippen molar-refractivity contribution in [3.8, 4) is 17.4 Å². The van der Waals surface area contributed by atoms with Crippen molar-refractivity contribution in [2.45, 2.75) is 6.61 Å². The van der Waals surface area contributed by atoms with E-state index in [1.165, 1.54) is 12.4 Å². The molecule has 1 aromatic heterocycles. The monoisotopic (exact) mass is 415 g/mol. The average Bonchev–Trinajstić information content (AvgIpc) is 2.73. The number of methoxy groups -OCH3 is 1. The maximum Gasteiger partial charge on any atom is 0.237 e. The van der Waals surface area contributed by atoms with Gasteiger partial charge in [0.15, 0.2) is 0 Å². The largest absolute Gasteiger partial charge is 0.497 e. The topological polar surface area (TPSA) is 99.6 Å². The maximum atomic E-state index is 12.3. The summed E-state index contributed by atoms with van der Waals surface area (Å²) in [4.78, 5) is 7.93. The van der Waals surface area contributed by atoms with Crippen molar-refractivity contribution in [2.75, 3.05) is 24.2 Å². The molecule has 1 N–H and O–H groups in total. The predicted molar refractivity (Wildman–Crippen MR) is 109 cm³/mol. The zero-order chi connectivity index (χ0) is 20.5. The summed E-state index contributed by atoms with van der Waals surface area (Å²) in [5.41, 5.74) is 0.976. The van der Waals surface area contributed by atoms with Crippen LogP contribution in [0.25, 0.3) is 0 Å². The molecule has 0 bridgehead atoms. The molecular weight excluding hydrogens is 394 g/mol. The van der Waals surface area contributed by atoms with Gasteiger partial charge in [-0.2, -0.15) is 0 Å². The summed E-state index contributed by atoms with van der Waals surface area (Å²) in [6.07, 6.45) is 1.24. The Hall–Kier alpha value is -3.33. The van der Waals surface area contributed by atoms with Crippen LogP contribution in [0.5, 0.6) is 17.4 Å². The van der Waals surface area contributed by atoms with Crippen LogP contribution in [0.2, 0.25) is 0 Å². The zero-order valence-corrected chi connectivity index (χ0v) is 16.6. The lowest BCUT2D eigenvalue weighted by atomic mass is 10.2. The Labute approximate surface area is 169 Å². The van der Waals surface area contributed by atoms with Gasteiger partial charge in [0.2, 0.25) is 15.9 Å². The van der Waals surface area contributed by atoms with E-state index >= 15 is 0 Å². The van der Waals surface area contributed by atoms with Crippen molar-refractivity contribution in [1.29, 1.82) is 0 Å². The first-order valence-electron chi connectivity index (χ1n) is 8.80. The normalized spacial score (nSPS) is 10.9. The van der Waals surface area contributed by atoms with E-state index in [-0.39, 0.29) is 24.1 Å². The number of ether oxygens (including phenoxy) is 3. The number of nitrogens with zero attached hydrogens (tertiary/aromatic N) is 2. The fourth-order valence-corrected chi connectivity index (χ4v) is 3.19. The quantitative estimate of drug-likeness (QED) is 0.543. The molecule has 0 fully saturated rings. The van der Waals surface area contributed by atoms with Crippen LogP contribution in [-0.4, -0.2) is 37.9 Å². The molecule has 8 nitrogen and oxygen atoms in total. The van der Waals surface area contributed by atoms with Gasteiger partial charge < -0.3 is 14.2 Å². The minimum atomic E-state index is -3.65. The van der Waals surface area contributed by atoms with E-state index in [1.54, 1.807) is 31.4 Å². The lowest BCUT2D eigenvalue weighted by Crippen LogP contribution is -2.22. The maximum absolute atomic E-state index is 12.3. The first-order chi connectivity index (χ1) is 14.0. The zero-order valence-electron chi connectivity index (χ0n) is 15.8. The van der Waals surface area contributed by atoms with Crippen LogP contribution in [0.1, 0.15) is 5.56 Å². The van der Waals surface area contributed by atoms with Gasteiger partial charge in [-0.15, -0.1) is 0 Å². The van der Waals surface area contributed by atoms with Crippen LogP contribution in [0, 0.1) is 0 Å². The van der Waals surface area contributed by atoms with Crippen LogP contribution >= 0.6 is 0 Å². The van der Waals surface area contributed by atoms with E-state index in [0.717, 1.165) is 5.56 Å². The number of anilines is 1. The molecule has 1 heterocycles. The van der Waals surface area contributed by atoms with Gasteiger partial charge in [0.05, 0.1) is 7.11 Å². The number of benzene rings is 2.